The van der Waals surface area contributed by atoms with Crippen molar-refractivity contribution in [1.29, 1.82) is 0 Å². The van der Waals surface area contributed by atoms with Gasteiger partial charge < -0.3 is 4.74 Å². The number of thiophene rings is 1. The maximum absolute atomic E-state index is 13.1. The van der Waals surface area contributed by atoms with Crippen molar-refractivity contribution in [2.75, 3.05) is 19.6 Å². The van der Waals surface area contributed by atoms with Crippen LogP contribution in [0.5, 0.6) is 5.06 Å². The van der Waals surface area contributed by atoms with Crippen molar-refractivity contribution in [3.63, 3.8) is 0 Å². The lowest BCUT2D eigenvalue weighted by molar-refractivity contribution is 0.192. The lowest BCUT2D eigenvalue weighted by atomic mass is 10.1. The predicted molar refractivity (Wildman–Crippen MR) is 117 cm³/mol. The zero-order valence-electron chi connectivity index (χ0n) is 17.4. The Bertz CT molecular complexity index is 951. The van der Waals surface area contributed by atoms with Crippen molar-refractivity contribution in [1.82, 2.24) is 9.21 Å². The van der Waals surface area contributed by atoms with E-state index in [1.807, 2.05) is 12.1 Å². The Labute approximate surface area is 178 Å². The smallest absolute Gasteiger partial charge is 0.243 e. The van der Waals surface area contributed by atoms with E-state index in [1.165, 1.54) is 4.88 Å². The summed E-state index contributed by atoms with van der Waals surface area (Å²) in [6, 6.07) is 9.87. The van der Waals surface area contributed by atoms with Crippen molar-refractivity contribution in [3.05, 3.63) is 46.3 Å². The summed E-state index contributed by atoms with van der Waals surface area (Å²) in [4.78, 5) is 4.08. The monoisotopic (exact) mass is 434 g/mol. The standard InChI is InChI=1S/C22H30N2O3S2/c1-4-17-5-7-20(8-6-17)29(25,26)24-12-10-21-18(14-24)13-22(28-21)27-19-9-11-23(15-19)16(2)3/h5-8,13,16,19H,4,9-12,14-15H2,1-3H3. The molecule has 1 saturated heterocycles. The minimum atomic E-state index is -3.47. The van der Waals surface area contributed by atoms with E-state index in [9.17, 15) is 8.42 Å². The van der Waals surface area contributed by atoms with Gasteiger partial charge in [-0.15, -0.1) is 11.3 Å². The van der Waals surface area contributed by atoms with Crippen molar-refractivity contribution < 1.29 is 13.2 Å². The Hall–Kier alpha value is -1.41. The van der Waals surface area contributed by atoms with E-state index in [4.69, 9.17) is 4.74 Å². The van der Waals surface area contributed by atoms with Crippen LogP contribution in [-0.4, -0.2) is 49.4 Å². The van der Waals surface area contributed by atoms with Gasteiger partial charge in [-0.2, -0.15) is 4.31 Å². The summed E-state index contributed by atoms with van der Waals surface area (Å²) in [5, 5.41) is 0.928. The Morgan fingerprint density at radius 2 is 1.97 bits per heavy atom. The summed E-state index contributed by atoms with van der Waals surface area (Å²) < 4.78 is 34.0. The molecule has 1 aromatic carbocycles. The molecule has 1 atom stereocenters. The Balaban J connectivity index is 1.44. The van der Waals surface area contributed by atoms with E-state index >= 15 is 0 Å². The number of ether oxygens (including phenoxy) is 1. The number of aryl methyl sites for hydroxylation is 1. The molecule has 0 saturated carbocycles. The molecule has 0 spiro atoms. The topological polar surface area (TPSA) is 49.9 Å². The van der Waals surface area contributed by atoms with Crippen LogP contribution < -0.4 is 4.74 Å². The van der Waals surface area contributed by atoms with Gasteiger partial charge in [-0.3, -0.25) is 4.90 Å². The third kappa shape index (κ3) is 4.38. The van der Waals surface area contributed by atoms with Crippen LogP contribution in [0, 0.1) is 0 Å². The number of likely N-dealkylation sites (tertiary alicyclic amines) is 1. The highest BCUT2D eigenvalue weighted by molar-refractivity contribution is 7.89. The molecule has 3 heterocycles. The molecule has 0 amide bonds. The number of rotatable bonds is 6. The average Bonchev–Trinajstić information content (AvgIpc) is 3.34. The third-order valence-corrected chi connectivity index (χ3v) is 8.96. The summed E-state index contributed by atoms with van der Waals surface area (Å²) >= 11 is 1.68. The number of benzene rings is 1. The molecule has 2 aliphatic rings. The molecule has 2 aromatic rings. The van der Waals surface area contributed by atoms with Crippen LogP contribution in [0.15, 0.2) is 35.2 Å². The molecule has 0 radical (unpaired) electrons. The van der Waals surface area contributed by atoms with Crippen molar-refractivity contribution in [2.24, 2.45) is 0 Å². The summed E-state index contributed by atoms with van der Waals surface area (Å²) in [5.41, 5.74) is 2.23. The second-order valence-corrected chi connectivity index (χ2v) is 11.3. The fourth-order valence-corrected chi connectivity index (χ4v) is 6.57. The number of fused-ring (bicyclic) bond motifs is 1. The molecule has 1 fully saturated rings. The first-order chi connectivity index (χ1) is 13.9. The highest BCUT2D eigenvalue weighted by Crippen LogP contribution is 2.36. The van der Waals surface area contributed by atoms with Gasteiger partial charge in [-0.25, -0.2) is 8.42 Å². The third-order valence-electron chi connectivity index (χ3n) is 5.97. The zero-order valence-corrected chi connectivity index (χ0v) is 19.1. The van der Waals surface area contributed by atoms with Gasteiger partial charge in [-0.1, -0.05) is 19.1 Å². The summed E-state index contributed by atoms with van der Waals surface area (Å²) in [5.74, 6) is 0. The molecule has 0 N–H and O–H groups in total. The SMILES string of the molecule is CCc1ccc(S(=O)(=O)N2CCc3sc(OC4CCN(C(C)C)C4)cc3C2)cc1. The molecule has 0 aliphatic carbocycles. The van der Waals surface area contributed by atoms with E-state index in [-0.39, 0.29) is 6.10 Å². The van der Waals surface area contributed by atoms with Gasteiger partial charge >= 0.3 is 0 Å². The van der Waals surface area contributed by atoms with Gasteiger partial charge in [0.2, 0.25) is 10.0 Å². The number of nitrogens with zero attached hydrogens (tertiary/aromatic N) is 2. The Morgan fingerprint density at radius 3 is 2.62 bits per heavy atom. The van der Waals surface area contributed by atoms with Crippen LogP contribution in [0.3, 0.4) is 0 Å². The minimum absolute atomic E-state index is 0.231. The summed E-state index contributed by atoms with van der Waals surface area (Å²) in [6.45, 7) is 9.50. The van der Waals surface area contributed by atoms with E-state index < -0.39 is 10.0 Å². The maximum Gasteiger partial charge on any atom is 0.243 e. The minimum Gasteiger partial charge on any atom is -0.479 e. The molecular formula is C22H30N2O3S2. The first-order valence-electron chi connectivity index (χ1n) is 10.5. The lowest BCUT2D eigenvalue weighted by Gasteiger charge is -2.26. The Morgan fingerprint density at radius 1 is 1.21 bits per heavy atom. The zero-order chi connectivity index (χ0) is 20.6. The molecule has 0 bridgehead atoms. The van der Waals surface area contributed by atoms with Crippen LogP contribution in [0.4, 0.5) is 0 Å². The fraction of sp³-hybridized carbons (Fsp3) is 0.545. The van der Waals surface area contributed by atoms with Crippen LogP contribution >= 0.6 is 11.3 Å². The van der Waals surface area contributed by atoms with Gasteiger partial charge in [0.15, 0.2) is 5.06 Å². The lowest BCUT2D eigenvalue weighted by Crippen LogP contribution is -2.35. The van der Waals surface area contributed by atoms with Gasteiger partial charge in [0.25, 0.3) is 0 Å². The Kier molecular flexibility index (Phi) is 6.02. The fourth-order valence-electron chi connectivity index (χ4n) is 4.07. The maximum atomic E-state index is 13.1. The van der Waals surface area contributed by atoms with Gasteiger partial charge in [-0.05, 0) is 62.4 Å². The van der Waals surface area contributed by atoms with Gasteiger partial charge in [0, 0.05) is 37.1 Å². The first-order valence-corrected chi connectivity index (χ1v) is 12.7. The van der Waals surface area contributed by atoms with Crippen LogP contribution in [0.1, 0.15) is 43.2 Å². The van der Waals surface area contributed by atoms with Crippen LogP contribution in [0.2, 0.25) is 0 Å². The van der Waals surface area contributed by atoms with Crippen molar-refractivity contribution >= 4 is 21.4 Å². The molecule has 1 aromatic heterocycles. The highest BCUT2D eigenvalue weighted by atomic mass is 32.2. The summed E-state index contributed by atoms with van der Waals surface area (Å²) in [6.07, 6.45) is 2.93. The van der Waals surface area contributed by atoms with E-state index in [0.717, 1.165) is 48.5 Å². The van der Waals surface area contributed by atoms with E-state index in [0.29, 0.717) is 24.0 Å². The molecule has 4 rings (SSSR count). The number of sulfonamides is 1. The van der Waals surface area contributed by atoms with Gasteiger partial charge in [0.1, 0.15) is 6.10 Å². The second kappa shape index (κ2) is 8.38. The molecule has 2 aliphatic heterocycles. The second-order valence-electron chi connectivity index (χ2n) is 8.22. The molecular weight excluding hydrogens is 404 g/mol. The van der Waals surface area contributed by atoms with Crippen molar-refractivity contribution in [2.45, 2.75) is 63.6 Å². The van der Waals surface area contributed by atoms with Crippen molar-refractivity contribution in [3.8, 4) is 5.06 Å². The molecule has 29 heavy (non-hydrogen) atoms. The largest absolute Gasteiger partial charge is 0.479 e. The quantitative estimate of drug-likeness (QED) is 0.691. The summed E-state index contributed by atoms with van der Waals surface area (Å²) in [7, 11) is -3.47. The molecule has 1 unspecified atom stereocenters. The average molecular weight is 435 g/mol. The number of hydrogen-bond donors (Lipinski definition) is 0. The first kappa shape index (κ1) is 20.8. The van der Waals surface area contributed by atoms with E-state index in [2.05, 4.69) is 31.7 Å². The van der Waals surface area contributed by atoms with Crippen LogP contribution in [0.25, 0.3) is 0 Å². The van der Waals surface area contributed by atoms with Gasteiger partial charge in [0.05, 0.1) is 4.90 Å². The highest BCUT2D eigenvalue weighted by Gasteiger charge is 2.31. The molecule has 5 nitrogen and oxygen atoms in total. The normalized spacial score (nSPS) is 20.9. The van der Waals surface area contributed by atoms with E-state index in [1.54, 1.807) is 27.8 Å². The van der Waals surface area contributed by atoms with Crippen LogP contribution in [-0.2, 0) is 29.4 Å². The molecule has 7 heteroatoms. The molecule has 158 valence electrons. The predicted octanol–water partition coefficient (Wildman–Crippen LogP) is 3.92. The number of hydrogen-bond acceptors (Lipinski definition) is 5.